The molecule has 0 radical (unpaired) electrons. The number of benzene rings is 1. The van der Waals surface area contributed by atoms with Crippen LogP contribution in [0.1, 0.15) is 18.2 Å². The van der Waals surface area contributed by atoms with Gasteiger partial charge in [-0.3, -0.25) is 4.79 Å². The van der Waals surface area contributed by atoms with Gasteiger partial charge < -0.3 is 9.72 Å². The first-order chi connectivity index (χ1) is 11.2. The van der Waals surface area contributed by atoms with E-state index in [1.807, 2.05) is 60.1 Å². The largest absolute Gasteiger partial charge is 0.349 e. The highest BCUT2D eigenvalue weighted by Crippen LogP contribution is 2.17. The molecule has 0 spiro atoms. The van der Waals surface area contributed by atoms with Crippen molar-refractivity contribution in [3.8, 4) is 0 Å². The number of nitrogens with zero attached hydrogens (tertiary/aromatic N) is 2. The fourth-order valence-electron chi connectivity index (χ4n) is 2.26. The highest BCUT2D eigenvalue weighted by atomic mass is 32.2. The van der Waals surface area contributed by atoms with Crippen molar-refractivity contribution in [1.29, 1.82) is 0 Å². The summed E-state index contributed by atoms with van der Waals surface area (Å²) in [7, 11) is 0. The zero-order valence-corrected chi connectivity index (χ0v) is 13.8. The molecule has 23 heavy (non-hydrogen) atoms. The van der Waals surface area contributed by atoms with Crippen molar-refractivity contribution in [1.82, 2.24) is 14.7 Å². The van der Waals surface area contributed by atoms with Crippen LogP contribution in [0.25, 0.3) is 5.65 Å². The zero-order valence-electron chi connectivity index (χ0n) is 13.0. The Labute approximate surface area is 139 Å². The number of fused-ring (bicyclic) bond motifs is 1. The molecule has 0 aliphatic carbocycles. The number of carbonyl (C=O) groups is 1. The first-order valence-electron chi connectivity index (χ1n) is 7.58. The molecule has 0 aliphatic rings. The van der Waals surface area contributed by atoms with Crippen molar-refractivity contribution in [2.75, 3.05) is 0 Å². The maximum absolute atomic E-state index is 12.2. The van der Waals surface area contributed by atoms with Gasteiger partial charge in [0, 0.05) is 18.1 Å². The van der Waals surface area contributed by atoms with Crippen molar-refractivity contribution < 1.29 is 4.79 Å². The minimum atomic E-state index is -0.0905. The Balaban J connectivity index is 1.50. The van der Waals surface area contributed by atoms with Crippen LogP contribution < -0.4 is 5.32 Å². The van der Waals surface area contributed by atoms with E-state index in [2.05, 4.69) is 22.4 Å². The van der Waals surface area contributed by atoms with Crippen molar-refractivity contribution in [2.24, 2.45) is 0 Å². The third-order valence-electron chi connectivity index (χ3n) is 3.57. The SMILES string of the molecule is CC(SCc1ccccc1)C(=O)NCc1cn2ccccc2n1. The van der Waals surface area contributed by atoms with Crippen LogP contribution in [0.3, 0.4) is 0 Å². The first kappa shape index (κ1) is 15.6. The summed E-state index contributed by atoms with van der Waals surface area (Å²) in [4.78, 5) is 16.7. The lowest BCUT2D eigenvalue weighted by Gasteiger charge is -2.11. The maximum atomic E-state index is 12.2. The Kier molecular flexibility index (Phi) is 4.98. The van der Waals surface area contributed by atoms with Crippen LogP contribution in [0.4, 0.5) is 0 Å². The summed E-state index contributed by atoms with van der Waals surface area (Å²) in [5, 5.41) is 2.87. The molecule has 2 heterocycles. The number of amides is 1. The molecule has 1 aromatic carbocycles. The molecule has 4 nitrogen and oxygen atoms in total. The van der Waals surface area contributed by atoms with Crippen LogP contribution in [-0.4, -0.2) is 20.5 Å². The van der Waals surface area contributed by atoms with E-state index in [9.17, 15) is 4.79 Å². The summed E-state index contributed by atoms with van der Waals surface area (Å²) in [6, 6.07) is 16.0. The predicted molar refractivity (Wildman–Crippen MR) is 94.2 cm³/mol. The minimum absolute atomic E-state index is 0.0444. The molecule has 0 saturated carbocycles. The summed E-state index contributed by atoms with van der Waals surface area (Å²) in [5.74, 6) is 0.882. The highest BCUT2D eigenvalue weighted by molar-refractivity contribution is 7.99. The maximum Gasteiger partial charge on any atom is 0.233 e. The first-order valence-corrected chi connectivity index (χ1v) is 8.63. The van der Waals surface area contributed by atoms with Crippen LogP contribution in [0.15, 0.2) is 60.9 Å². The highest BCUT2D eigenvalue weighted by Gasteiger charge is 2.13. The van der Waals surface area contributed by atoms with Gasteiger partial charge in [-0.05, 0) is 24.6 Å². The fraction of sp³-hybridized carbons (Fsp3) is 0.222. The zero-order chi connectivity index (χ0) is 16.1. The standard InChI is InChI=1S/C18H19N3OS/c1-14(23-13-15-7-3-2-4-8-15)18(22)19-11-16-12-21-10-6-5-9-17(21)20-16/h2-10,12,14H,11,13H2,1H3,(H,19,22). The fourth-order valence-corrected chi connectivity index (χ4v) is 3.13. The Bertz CT molecular complexity index is 752. The molecule has 0 aliphatic heterocycles. The molecule has 1 unspecified atom stereocenters. The van der Waals surface area contributed by atoms with Crippen LogP contribution in [0.2, 0.25) is 0 Å². The summed E-state index contributed by atoms with van der Waals surface area (Å²) in [6.07, 6.45) is 3.89. The lowest BCUT2D eigenvalue weighted by atomic mass is 10.2. The second-order valence-electron chi connectivity index (χ2n) is 5.35. The van der Waals surface area contributed by atoms with E-state index in [0.717, 1.165) is 17.1 Å². The lowest BCUT2D eigenvalue weighted by molar-refractivity contribution is -0.120. The van der Waals surface area contributed by atoms with E-state index in [1.165, 1.54) is 5.56 Å². The van der Waals surface area contributed by atoms with Gasteiger partial charge in [-0.1, -0.05) is 36.4 Å². The minimum Gasteiger partial charge on any atom is -0.349 e. The predicted octanol–water partition coefficient (Wildman–Crippen LogP) is 3.27. The molecule has 3 rings (SSSR count). The molecule has 5 heteroatoms. The van der Waals surface area contributed by atoms with E-state index < -0.39 is 0 Å². The van der Waals surface area contributed by atoms with Crippen molar-refractivity contribution in [3.05, 3.63) is 72.2 Å². The summed E-state index contributed by atoms with van der Waals surface area (Å²) >= 11 is 1.64. The van der Waals surface area contributed by atoms with E-state index in [1.54, 1.807) is 11.8 Å². The number of thioether (sulfide) groups is 1. The van der Waals surface area contributed by atoms with Crippen LogP contribution in [0, 0.1) is 0 Å². The van der Waals surface area contributed by atoms with Crippen molar-refractivity contribution >= 4 is 23.3 Å². The number of hydrogen-bond donors (Lipinski definition) is 1. The third-order valence-corrected chi connectivity index (χ3v) is 4.78. The normalized spacial score (nSPS) is 12.2. The second-order valence-corrected chi connectivity index (χ2v) is 6.68. The molecule has 1 amide bonds. The lowest BCUT2D eigenvalue weighted by Crippen LogP contribution is -2.30. The van der Waals surface area contributed by atoms with Gasteiger partial charge in [0.05, 0.1) is 17.5 Å². The topological polar surface area (TPSA) is 46.4 Å². The van der Waals surface area contributed by atoms with Crippen LogP contribution in [0.5, 0.6) is 0 Å². The Morgan fingerprint density at radius 2 is 2.00 bits per heavy atom. The average molecular weight is 325 g/mol. The number of aromatic nitrogens is 2. The third kappa shape index (κ3) is 4.13. The molecule has 0 fully saturated rings. The molecule has 0 saturated heterocycles. The average Bonchev–Trinajstić information content (AvgIpc) is 3.01. The van der Waals surface area contributed by atoms with Gasteiger partial charge in [0.2, 0.25) is 5.91 Å². The van der Waals surface area contributed by atoms with E-state index in [0.29, 0.717) is 6.54 Å². The number of nitrogens with one attached hydrogen (secondary N) is 1. The van der Waals surface area contributed by atoms with E-state index in [4.69, 9.17) is 0 Å². The van der Waals surface area contributed by atoms with E-state index >= 15 is 0 Å². The monoisotopic (exact) mass is 325 g/mol. The summed E-state index contributed by atoms with van der Waals surface area (Å²) in [6.45, 7) is 2.39. The van der Waals surface area contributed by atoms with Gasteiger partial charge >= 0.3 is 0 Å². The molecule has 3 aromatic rings. The van der Waals surface area contributed by atoms with E-state index in [-0.39, 0.29) is 11.2 Å². The molecule has 2 aromatic heterocycles. The number of rotatable bonds is 6. The Morgan fingerprint density at radius 1 is 1.22 bits per heavy atom. The van der Waals surface area contributed by atoms with Gasteiger partial charge in [0.1, 0.15) is 5.65 Å². The molecule has 1 atom stereocenters. The number of hydrogen-bond acceptors (Lipinski definition) is 3. The van der Waals surface area contributed by atoms with Gasteiger partial charge in [-0.2, -0.15) is 0 Å². The number of imidazole rings is 1. The van der Waals surface area contributed by atoms with Gasteiger partial charge in [0.15, 0.2) is 0 Å². The molecule has 118 valence electrons. The Hall–Kier alpha value is -2.27. The van der Waals surface area contributed by atoms with Gasteiger partial charge in [0.25, 0.3) is 0 Å². The molecular formula is C18H19N3OS. The number of pyridine rings is 1. The van der Waals surface area contributed by atoms with Crippen LogP contribution >= 0.6 is 11.8 Å². The van der Waals surface area contributed by atoms with Gasteiger partial charge in [-0.25, -0.2) is 4.98 Å². The van der Waals surface area contributed by atoms with Crippen LogP contribution in [-0.2, 0) is 17.1 Å². The molecule has 0 bridgehead atoms. The van der Waals surface area contributed by atoms with Crippen molar-refractivity contribution in [2.45, 2.75) is 24.5 Å². The van der Waals surface area contributed by atoms with Crippen molar-refractivity contribution in [3.63, 3.8) is 0 Å². The number of carbonyl (C=O) groups excluding carboxylic acids is 1. The summed E-state index contributed by atoms with van der Waals surface area (Å²) < 4.78 is 1.95. The molecule has 1 N–H and O–H groups in total. The second kappa shape index (κ2) is 7.33. The summed E-state index contributed by atoms with van der Waals surface area (Å²) in [5.41, 5.74) is 2.99. The Morgan fingerprint density at radius 3 is 2.78 bits per heavy atom. The quantitative estimate of drug-likeness (QED) is 0.756. The molecular weight excluding hydrogens is 306 g/mol. The smallest absolute Gasteiger partial charge is 0.233 e. The van der Waals surface area contributed by atoms with Gasteiger partial charge in [-0.15, -0.1) is 11.8 Å².